The lowest BCUT2D eigenvalue weighted by Gasteiger charge is -2.04. The van der Waals surface area contributed by atoms with Gasteiger partial charge >= 0.3 is 0 Å². The van der Waals surface area contributed by atoms with Gasteiger partial charge in [0.2, 0.25) is 17.7 Å². The van der Waals surface area contributed by atoms with Crippen LogP contribution in [-0.2, 0) is 17.8 Å². The number of aryl methyl sites for hydroxylation is 1. The number of benzene rings is 1. The number of hydrogen-bond acceptors (Lipinski definition) is 5. The number of halogens is 1. The molecule has 6 nitrogen and oxygen atoms in total. The highest BCUT2D eigenvalue weighted by Gasteiger charge is 2.10. The molecule has 0 saturated heterocycles. The summed E-state index contributed by atoms with van der Waals surface area (Å²) < 4.78 is 19.0. The van der Waals surface area contributed by atoms with Gasteiger partial charge in [-0.3, -0.25) is 9.78 Å². The third kappa shape index (κ3) is 4.01. The zero-order valence-corrected chi connectivity index (χ0v) is 12.8. The van der Waals surface area contributed by atoms with E-state index in [1.807, 2.05) is 0 Å². The van der Waals surface area contributed by atoms with Gasteiger partial charge < -0.3 is 9.73 Å². The Kier molecular flexibility index (Phi) is 4.90. The minimum Gasteiger partial charge on any atom is -0.419 e. The third-order valence-corrected chi connectivity index (χ3v) is 3.41. The van der Waals surface area contributed by atoms with Crippen molar-refractivity contribution in [1.82, 2.24) is 20.5 Å². The molecule has 1 N–H and O–H groups in total. The van der Waals surface area contributed by atoms with Gasteiger partial charge in [-0.25, -0.2) is 4.39 Å². The van der Waals surface area contributed by atoms with Crippen molar-refractivity contribution in [2.75, 3.05) is 0 Å². The largest absolute Gasteiger partial charge is 0.419 e. The molecule has 2 aromatic heterocycles. The molecule has 0 aliphatic carbocycles. The SMILES string of the molecule is O=C(CCc1ccccc1F)NCc1nnc(-c2ccncc2)o1. The summed E-state index contributed by atoms with van der Waals surface area (Å²) in [5.74, 6) is 0.167. The predicted molar refractivity (Wildman–Crippen MR) is 84.1 cm³/mol. The van der Waals surface area contributed by atoms with Crippen LogP contribution in [0.1, 0.15) is 17.9 Å². The first-order chi connectivity index (χ1) is 11.7. The maximum absolute atomic E-state index is 13.5. The van der Waals surface area contributed by atoms with Crippen LogP contribution >= 0.6 is 0 Å². The van der Waals surface area contributed by atoms with Gasteiger partial charge in [0.05, 0.1) is 6.54 Å². The van der Waals surface area contributed by atoms with E-state index in [4.69, 9.17) is 4.42 Å². The van der Waals surface area contributed by atoms with Crippen LogP contribution in [0.3, 0.4) is 0 Å². The summed E-state index contributed by atoms with van der Waals surface area (Å²) in [5, 5.41) is 10.5. The van der Waals surface area contributed by atoms with Gasteiger partial charge in [0.1, 0.15) is 5.82 Å². The van der Waals surface area contributed by atoms with Gasteiger partial charge in [-0.15, -0.1) is 10.2 Å². The van der Waals surface area contributed by atoms with E-state index >= 15 is 0 Å². The molecule has 0 radical (unpaired) electrons. The zero-order valence-electron chi connectivity index (χ0n) is 12.8. The highest BCUT2D eigenvalue weighted by atomic mass is 19.1. The zero-order chi connectivity index (χ0) is 16.8. The highest BCUT2D eigenvalue weighted by molar-refractivity contribution is 5.76. The molecule has 122 valence electrons. The fraction of sp³-hybridized carbons (Fsp3) is 0.176. The van der Waals surface area contributed by atoms with Crippen molar-refractivity contribution >= 4 is 5.91 Å². The second kappa shape index (κ2) is 7.45. The third-order valence-electron chi connectivity index (χ3n) is 3.41. The summed E-state index contributed by atoms with van der Waals surface area (Å²) in [6.07, 6.45) is 3.78. The molecule has 0 bridgehead atoms. The Labute approximate surface area is 137 Å². The topological polar surface area (TPSA) is 80.9 Å². The van der Waals surface area contributed by atoms with Crippen molar-refractivity contribution < 1.29 is 13.6 Å². The number of aromatic nitrogens is 3. The Bertz CT molecular complexity index is 820. The molecule has 7 heteroatoms. The molecule has 1 amide bonds. The van der Waals surface area contributed by atoms with E-state index in [9.17, 15) is 9.18 Å². The molecule has 0 fully saturated rings. The molecule has 0 aliphatic rings. The summed E-state index contributed by atoms with van der Waals surface area (Å²) in [5.41, 5.74) is 1.28. The van der Waals surface area contributed by atoms with Crippen LogP contribution in [-0.4, -0.2) is 21.1 Å². The Balaban J connectivity index is 1.50. The standard InChI is InChI=1S/C17H15FN4O2/c18-14-4-2-1-3-12(14)5-6-15(23)20-11-16-21-22-17(24-16)13-7-9-19-10-8-13/h1-4,7-10H,5-6,11H2,(H,20,23). The number of nitrogens with one attached hydrogen (secondary N) is 1. The minimum absolute atomic E-state index is 0.133. The second-order valence-electron chi connectivity index (χ2n) is 5.10. The molecule has 0 spiro atoms. The molecule has 24 heavy (non-hydrogen) atoms. The molecule has 1 aromatic carbocycles. The summed E-state index contributed by atoms with van der Waals surface area (Å²) in [4.78, 5) is 15.8. The van der Waals surface area contributed by atoms with E-state index in [-0.39, 0.29) is 24.7 Å². The van der Waals surface area contributed by atoms with Crippen LogP contribution in [0, 0.1) is 5.82 Å². The van der Waals surface area contributed by atoms with Crippen LogP contribution in [0.2, 0.25) is 0 Å². The van der Waals surface area contributed by atoms with Crippen LogP contribution in [0.25, 0.3) is 11.5 Å². The van der Waals surface area contributed by atoms with Gasteiger partial charge in [-0.1, -0.05) is 18.2 Å². The lowest BCUT2D eigenvalue weighted by molar-refractivity contribution is -0.121. The number of hydrogen-bond donors (Lipinski definition) is 1. The predicted octanol–water partition coefficient (Wildman–Crippen LogP) is 2.52. The Morgan fingerprint density at radius 2 is 1.92 bits per heavy atom. The lowest BCUT2D eigenvalue weighted by Crippen LogP contribution is -2.23. The van der Waals surface area contributed by atoms with Crippen LogP contribution in [0.5, 0.6) is 0 Å². The Morgan fingerprint density at radius 3 is 2.71 bits per heavy atom. The number of rotatable bonds is 6. The van der Waals surface area contributed by atoms with Gasteiger partial charge in [-0.2, -0.15) is 0 Å². The lowest BCUT2D eigenvalue weighted by atomic mass is 10.1. The average Bonchev–Trinajstić information content (AvgIpc) is 3.09. The van der Waals surface area contributed by atoms with Crippen molar-refractivity contribution in [3.05, 3.63) is 66.1 Å². The van der Waals surface area contributed by atoms with Crippen molar-refractivity contribution in [3.8, 4) is 11.5 Å². The molecule has 2 heterocycles. The van der Waals surface area contributed by atoms with E-state index in [1.54, 1.807) is 42.7 Å². The van der Waals surface area contributed by atoms with Gasteiger partial charge in [0.25, 0.3) is 0 Å². The number of amides is 1. The first-order valence-electron chi connectivity index (χ1n) is 7.45. The molecular weight excluding hydrogens is 311 g/mol. The number of nitrogens with zero attached hydrogens (tertiary/aromatic N) is 3. The fourth-order valence-electron chi connectivity index (χ4n) is 2.15. The van der Waals surface area contributed by atoms with Crippen molar-refractivity contribution in [3.63, 3.8) is 0 Å². The van der Waals surface area contributed by atoms with Gasteiger partial charge in [-0.05, 0) is 30.2 Å². The van der Waals surface area contributed by atoms with E-state index in [1.165, 1.54) is 6.07 Å². The first kappa shape index (κ1) is 15.8. The maximum atomic E-state index is 13.5. The molecule has 0 atom stereocenters. The second-order valence-corrected chi connectivity index (χ2v) is 5.10. The Hall–Kier alpha value is -3.09. The smallest absolute Gasteiger partial charge is 0.247 e. The van der Waals surface area contributed by atoms with Crippen LogP contribution in [0.15, 0.2) is 53.2 Å². The number of carbonyl (C=O) groups is 1. The fourth-order valence-corrected chi connectivity index (χ4v) is 2.15. The molecule has 0 saturated carbocycles. The monoisotopic (exact) mass is 326 g/mol. The van der Waals surface area contributed by atoms with Crippen LogP contribution < -0.4 is 5.32 Å². The van der Waals surface area contributed by atoms with E-state index in [0.717, 1.165) is 5.56 Å². The molecular formula is C17H15FN4O2. The normalized spacial score (nSPS) is 10.5. The minimum atomic E-state index is -0.302. The quantitative estimate of drug-likeness (QED) is 0.753. The summed E-state index contributed by atoms with van der Waals surface area (Å²) in [6.45, 7) is 0.133. The molecule has 0 aliphatic heterocycles. The number of pyridine rings is 1. The molecule has 0 unspecified atom stereocenters. The highest BCUT2D eigenvalue weighted by Crippen LogP contribution is 2.16. The van der Waals surface area contributed by atoms with E-state index in [2.05, 4.69) is 20.5 Å². The van der Waals surface area contributed by atoms with Crippen molar-refractivity contribution in [2.24, 2.45) is 0 Å². The van der Waals surface area contributed by atoms with Crippen LogP contribution in [0.4, 0.5) is 4.39 Å². The van der Waals surface area contributed by atoms with E-state index < -0.39 is 0 Å². The molecule has 3 aromatic rings. The van der Waals surface area contributed by atoms with Gasteiger partial charge in [0.15, 0.2) is 0 Å². The van der Waals surface area contributed by atoms with Crippen molar-refractivity contribution in [2.45, 2.75) is 19.4 Å². The van der Waals surface area contributed by atoms with E-state index in [0.29, 0.717) is 23.8 Å². The first-order valence-corrected chi connectivity index (χ1v) is 7.45. The number of carbonyl (C=O) groups excluding carboxylic acids is 1. The summed E-state index contributed by atoms with van der Waals surface area (Å²) in [6, 6.07) is 9.92. The summed E-state index contributed by atoms with van der Waals surface area (Å²) >= 11 is 0. The van der Waals surface area contributed by atoms with Gasteiger partial charge in [0, 0.05) is 24.4 Å². The molecule has 3 rings (SSSR count). The summed E-state index contributed by atoms with van der Waals surface area (Å²) in [7, 11) is 0. The average molecular weight is 326 g/mol. The maximum Gasteiger partial charge on any atom is 0.247 e. The Morgan fingerprint density at radius 1 is 1.12 bits per heavy atom. The van der Waals surface area contributed by atoms with Crippen molar-refractivity contribution in [1.29, 1.82) is 0 Å².